The summed E-state index contributed by atoms with van der Waals surface area (Å²) >= 11 is 0. The summed E-state index contributed by atoms with van der Waals surface area (Å²) in [6.07, 6.45) is 3.38. The summed E-state index contributed by atoms with van der Waals surface area (Å²) in [6.45, 7) is 10.8. The lowest BCUT2D eigenvalue weighted by atomic mass is 10.1. The van der Waals surface area contributed by atoms with Gasteiger partial charge >= 0.3 is 0 Å². The molecule has 5 rings (SSSR count). The summed E-state index contributed by atoms with van der Waals surface area (Å²) in [5.74, 6) is 0.995. The van der Waals surface area contributed by atoms with Crippen molar-refractivity contribution in [1.82, 2.24) is 29.7 Å². The van der Waals surface area contributed by atoms with Crippen LogP contribution in [0.1, 0.15) is 52.9 Å². The van der Waals surface area contributed by atoms with E-state index in [1.54, 1.807) is 0 Å². The first kappa shape index (κ1) is 21.6. The fraction of sp³-hybridized carbons (Fsp3) is 0.423. The molecule has 172 valence electrons. The van der Waals surface area contributed by atoms with E-state index in [0.717, 1.165) is 70.8 Å². The molecule has 0 radical (unpaired) electrons. The molecule has 0 aliphatic carbocycles. The van der Waals surface area contributed by atoms with Crippen LogP contribution in [0.15, 0.2) is 30.3 Å². The topological polar surface area (TPSA) is 78.8 Å². The highest BCUT2D eigenvalue weighted by molar-refractivity contribution is 5.98. The summed E-state index contributed by atoms with van der Waals surface area (Å²) in [5.41, 5.74) is 6.83. The Hall–Kier alpha value is -3.19. The van der Waals surface area contributed by atoms with E-state index < -0.39 is 0 Å². The number of H-pyrrole nitrogens is 1. The number of hydrogen-bond acceptors (Lipinski definition) is 4. The Balaban J connectivity index is 1.35. The third-order valence-electron chi connectivity index (χ3n) is 6.60. The number of aromatic nitrogens is 4. The molecule has 0 atom stereocenters. The first-order valence-corrected chi connectivity index (χ1v) is 12.0. The number of likely N-dealkylation sites (tertiary alicyclic amines) is 1. The summed E-state index contributed by atoms with van der Waals surface area (Å²) in [6, 6.07) is 10.4. The maximum atomic E-state index is 12.6. The van der Waals surface area contributed by atoms with Crippen LogP contribution in [0.25, 0.3) is 22.1 Å². The largest absolute Gasteiger partial charge is 0.351 e. The number of rotatable bonds is 7. The van der Waals surface area contributed by atoms with Gasteiger partial charge in [0.05, 0.1) is 6.54 Å². The molecule has 0 saturated carbocycles. The van der Waals surface area contributed by atoms with Gasteiger partial charge in [0, 0.05) is 36.1 Å². The van der Waals surface area contributed by atoms with Crippen LogP contribution >= 0.6 is 0 Å². The molecule has 1 aliphatic heterocycles. The van der Waals surface area contributed by atoms with E-state index in [2.05, 4.69) is 57.9 Å². The zero-order chi connectivity index (χ0) is 22.9. The predicted molar refractivity (Wildman–Crippen MR) is 132 cm³/mol. The highest BCUT2D eigenvalue weighted by Gasteiger charge is 2.16. The van der Waals surface area contributed by atoms with Gasteiger partial charge in [0.25, 0.3) is 5.91 Å². The van der Waals surface area contributed by atoms with Gasteiger partial charge in [-0.3, -0.25) is 4.79 Å². The Morgan fingerprint density at radius 3 is 2.73 bits per heavy atom. The zero-order valence-corrected chi connectivity index (χ0v) is 19.7. The van der Waals surface area contributed by atoms with Crippen molar-refractivity contribution in [3.8, 4) is 0 Å². The smallest absolute Gasteiger partial charge is 0.267 e. The molecule has 7 heteroatoms. The second kappa shape index (κ2) is 8.98. The van der Waals surface area contributed by atoms with Gasteiger partial charge in [-0.05, 0) is 75.2 Å². The molecule has 0 unspecified atom stereocenters. The lowest BCUT2D eigenvalue weighted by molar-refractivity contribution is 0.0945. The van der Waals surface area contributed by atoms with Gasteiger partial charge in [-0.25, -0.2) is 9.97 Å². The van der Waals surface area contributed by atoms with Crippen LogP contribution < -0.4 is 5.32 Å². The second-order valence-electron chi connectivity index (χ2n) is 9.13. The van der Waals surface area contributed by atoms with E-state index in [1.807, 2.05) is 13.0 Å². The second-order valence-corrected chi connectivity index (χ2v) is 9.13. The lowest BCUT2D eigenvalue weighted by Gasteiger charge is -2.14. The van der Waals surface area contributed by atoms with Gasteiger partial charge in [-0.2, -0.15) is 0 Å². The first-order chi connectivity index (χ1) is 16.0. The molecule has 1 amide bonds. The Bertz CT molecular complexity index is 1310. The lowest BCUT2D eigenvalue weighted by Crippen LogP contribution is -2.33. The SMILES string of the molecule is CCc1nc2c(C)cc(C)nc2n1Cc1ccc2[nH]c(C(=O)NCCN3CCCC3)cc2c1. The van der Waals surface area contributed by atoms with E-state index in [-0.39, 0.29) is 5.91 Å². The van der Waals surface area contributed by atoms with Crippen LogP contribution in [0.3, 0.4) is 0 Å². The number of hydrogen-bond donors (Lipinski definition) is 2. The maximum Gasteiger partial charge on any atom is 0.267 e. The average Bonchev–Trinajstić information content (AvgIpc) is 3.53. The number of imidazole rings is 1. The number of carbonyl (C=O) groups excluding carboxylic acids is 1. The Morgan fingerprint density at radius 2 is 1.94 bits per heavy atom. The zero-order valence-electron chi connectivity index (χ0n) is 19.7. The molecule has 1 saturated heterocycles. The highest BCUT2D eigenvalue weighted by atomic mass is 16.1. The molecular formula is C26H32N6O. The summed E-state index contributed by atoms with van der Waals surface area (Å²) in [4.78, 5) is 28.0. The van der Waals surface area contributed by atoms with E-state index in [9.17, 15) is 4.79 Å². The molecule has 4 aromatic rings. The molecule has 3 aromatic heterocycles. The van der Waals surface area contributed by atoms with E-state index >= 15 is 0 Å². The predicted octanol–water partition coefficient (Wildman–Crippen LogP) is 3.97. The Morgan fingerprint density at radius 1 is 1.12 bits per heavy atom. The van der Waals surface area contributed by atoms with Crippen molar-refractivity contribution < 1.29 is 4.79 Å². The number of pyridine rings is 1. The molecule has 1 fully saturated rings. The number of nitrogens with one attached hydrogen (secondary N) is 2. The van der Waals surface area contributed by atoms with E-state index in [4.69, 9.17) is 9.97 Å². The molecule has 2 N–H and O–H groups in total. The molecule has 0 bridgehead atoms. The average molecular weight is 445 g/mol. The molecule has 1 aliphatic rings. The number of amides is 1. The first-order valence-electron chi connectivity index (χ1n) is 12.0. The van der Waals surface area contributed by atoms with Gasteiger partial charge in [0.15, 0.2) is 5.65 Å². The normalized spacial score (nSPS) is 14.5. The Labute approximate surface area is 194 Å². The molecule has 4 heterocycles. The van der Waals surface area contributed by atoms with Crippen molar-refractivity contribution >= 4 is 28.0 Å². The van der Waals surface area contributed by atoms with Gasteiger partial charge in [0.2, 0.25) is 0 Å². The number of aryl methyl sites for hydroxylation is 3. The minimum Gasteiger partial charge on any atom is -0.351 e. The molecule has 33 heavy (non-hydrogen) atoms. The number of carbonyl (C=O) groups is 1. The van der Waals surface area contributed by atoms with Crippen LogP contribution in [0.4, 0.5) is 0 Å². The van der Waals surface area contributed by atoms with Crippen LogP contribution in [0, 0.1) is 13.8 Å². The third-order valence-corrected chi connectivity index (χ3v) is 6.60. The molecule has 0 spiro atoms. The number of fused-ring (bicyclic) bond motifs is 2. The molecule has 7 nitrogen and oxygen atoms in total. The summed E-state index contributed by atoms with van der Waals surface area (Å²) in [7, 11) is 0. The fourth-order valence-corrected chi connectivity index (χ4v) is 4.90. The van der Waals surface area contributed by atoms with Gasteiger partial charge in [-0.1, -0.05) is 13.0 Å². The van der Waals surface area contributed by atoms with Crippen LogP contribution in [0.2, 0.25) is 0 Å². The molecular weight excluding hydrogens is 412 g/mol. The van der Waals surface area contributed by atoms with Crippen molar-refractivity contribution in [2.24, 2.45) is 0 Å². The molecule has 1 aromatic carbocycles. The number of benzene rings is 1. The van der Waals surface area contributed by atoms with Crippen molar-refractivity contribution in [2.75, 3.05) is 26.2 Å². The van der Waals surface area contributed by atoms with Crippen LogP contribution in [-0.2, 0) is 13.0 Å². The maximum absolute atomic E-state index is 12.6. The minimum atomic E-state index is -0.0454. The van der Waals surface area contributed by atoms with Crippen molar-refractivity contribution in [3.05, 3.63) is 58.7 Å². The number of nitrogens with zero attached hydrogens (tertiary/aromatic N) is 4. The number of aromatic amines is 1. The third kappa shape index (κ3) is 4.37. The minimum absolute atomic E-state index is 0.0454. The highest BCUT2D eigenvalue weighted by Crippen LogP contribution is 2.23. The van der Waals surface area contributed by atoms with Crippen LogP contribution in [-0.4, -0.2) is 56.5 Å². The van der Waals surface area contributed by atoms with Crippen molar-refractivity contribution in [3.63, 3.8) is 0 Å². The summed E-state index contributed by atoms with van der Waals surface area (Å²) < 4.78 is 2.22. The van der Waals surface area contributed by atoms with Crippen LogP contribution in [0.5, 0.6) is 0 Å². The van der Waals surface area contributed by atoms with Gasteiger partial charge in [-0.15, -0.1) is 0 Å². The van der Waals surface area contributed by atoms with Gasteiger partial charge < -0.3 is 19.8 Å². The van der Waals surface area contributed by atoms with E-state index in [0.29, 0.717) is 18.8 Å². The van der Waals surface area contributed by atoms with Crippen molar-refractivity contribution in [1.29, 1.82) is 0 Å². The summed E-state index contributed by atoms with van der Waals surface area (Å²) in [5, 5.41) is 4.09. The fourth-order valence-electron chi connectivity index (χ4n) is 4.90. The standard InChI is InChI=1S/C26H32N6O/c1-4-23-30-24-17(2)13-18(3)28-25(24)32(23)16-19-7-8-21-20(14-19)15-22(29-21)26(33)27-9-12-31-10-5-6-11-31/h7-8,13-15,29H,4-6,9-12,16H2,1-3H3,(H,27,33). The Kier molecular flexibility index (Phi) is 5.89. The van der Waals surface area contributed by atoms with Crippen molar-refractivity contribution in [2.45, 2.75) is 46.6 Å². The quantitative estimate of drug-likeness (QED) is 0.452. The monoisotopic (exact) mass is 444 g/mol. The van der Waals surface area contributed by atoms with Gasteiger partial charge in [0.1, 0.15) is 17.0 Å². The van der Waals surface area contributed by atoms with E-state index in [1.165, 1.54) is 12.8 Å².